The van der Waals surface area contributed by atoms with E-state index >= 15 is 0 Å². The minimum atomic E-state index is -0.673. The van der Waals surface area contributed by atoms with Gasteiger partial charge in [0.15, 0.2) is 11.5 Å². The first-order valence-electron chi connectivity index (χ1n) is 6.40. The van der Waals surface area contributed by atoms with E-state index in [1.807, 2.05) is 7.05 Å². The molecule has 2 aromatic rings. The van der Waals surface area contributed by atoms with E-state index in [0.29, 0.717) is 18.2 Å². The molecule has 8 nitrogen and oxygen atoms in total. The topological polar surface area (TPSA) is 102 Å². The molecule has 3 heterocycles. The van der Waals surface area contributed by atoms with E-state index in [0.717, 1.165) is 35.6 Å². The summed E-state index contributed by atoms with van der Waals surface area (Å²) in [7, 11) is 1.16. The number of nitrogens with zero attached hydrogens (tertiary/aromatic N) is 5. The van der Waals surface area contributed by atoms with Crippen LogP contribution in [0.4, 0.5) is 5.82 Å². The summed E-state index contributed by atoms with van der Waals surface area (Å²) in [6.07, 6.45) is 1.69. The highest BCUT2D eigenvalue weighted by molar-refractivity contribution is 7.85. The van der Waals surface area contributed by atoms with E-state index in [1.54, 1.807) is 10.9 Å². The molecule has 0 radical (unpaired) electrons. The fourth-order valence-electron chi connectivity index (χ4n) is 2.28. The lowest BCUT2D eigenvalue weighted by atomic mass is 10.3. The molecule has 3 N–H and O–H groups in total. The van der Waals surface area contributed by atoms with Crippen LogP contribution in [0.1, 0.15) is 5.82 Å². The molecule has 1 saturated heterocycles. The van der Waals surface area contributed by atoms with Gasteiger partial charge in [0.25, 0.3) is 0 Å². The van der Waals surface area contributed by atoms with Crippen molar-refractivity contribution in [2.24, 2.45) is 12.9 Å². The highest BCUT2D eigenvalue weighted by Crippen LogP contribution is 2.19. The number of nitrogens with two attached hydrogens (primary N) is 1. The molecule has 0 atom stereocenters. The van der Waals surface area contributed by atoms with Crippen LogP contribution in [0.2, 0.25) is 0 Å². The molecule has 0 unspecified atom stereocenters. The number of rotatable bonds is 3. The second kappa shape index (κ2) is 5.43. The zero-order chi connectivity index (χ0) is 14.1. The standard InChI is InChI=1S/C11H17N7OS/c1-17-11-8(6-13-17)10(16-12)14-9(15-11)7-18-2-4-20(19)5-3-18/h6H,2-5,7,12H2,1H3,(H,14,15,16). The molecule has 1 aliphatic heterocycles. The molecular formula is C11H17N7OS. The van der Waals surface area contributed by atoms with E-state index in [4.69, 9.17) is 5.84 Å². The molecule has 108 valence electrons. The van der Waals surface area contributed by atoms with Gasteiger partial charge in [0.05, 0.1) is 18.1 Å². The molecule has 20 heavy (non-hydrogen) atoms. The van der Waals surface area contributed by atoms with Crippen molar-refractivity contribution >= 4 is 27.7 Å². The van der Waals surface area contributed by atoms with Crippen molar-refractivity contribution in [2.75, 3.05) is 30.0 Å². The number of hydrazine groups is 1. The zero-order valence-electron chi connectivity index (χ0n) is 11.2. The Hall–Kier alpha value is -1.58. The van der Waals surface area contributed by atoms with Gasteiger partial charge in [-0.3, -0.25) is 13.8 Å². The molecule has 1 aliphatic rings. The summed E-state index contributed by atoms with van der Waals surface area (Å²) in [5, 5.41) is 4.97. The first-order valence-corrected chi connectivity index (χ1v) is 7.89. The maximum Gasteiger partial charge on any atom is 0.163 e. The number of aryl methyl sites for hydroxylation is 1. The van der Waals surface area contributed by atoms with Crippen molar-refractivity contribution in [2.45, 2.75) is 6.54 Å². The summed E-state index contributed by atoms with van der Waals surface area (Å²) >= 11 is 0. The van der Waals surface area contributed by atoms with E-state index in [2.05, 4.69) is 25.4 Å². The summed E-state index contributed by atoms with van der Waals surface area (Å²) in [6, 6.07) is 0. The Balaban J connectivity index is 1.87. The van der Waals surface area contributed by atoms with Gasteiger partial charge in [0, 0.05) is 42.4 Å². The second-order valence-electron chi connectivity index (χ2n) is 4.76. The van der Waals surface area contributed by atoms with Crippen molar-refractivity contribution in [3.63, 3.8) is 0 Å². The third-order valence-corrected chi connectivity index (χ3v) is 4.69. The van der Waals surface area contributed by atoms with Crippen LogP contribution in [-0.4, -0.2) is 53.5 Å². The van der Waals surface area contributed by atoms with Gasteiger partial charge in [-0.15, -0.1) is 0 Å². The van der Waals surface area contributed by atoms with Gasteiger partial charge < -0.3 is 5.43 Å². The molecule has 1 fully saturated rings. The fraction of sp³-hybridized carbons (Fsp3) is 0.545. The van der Waals surface area contributed by atoms with Crippen molar-refractivity contribution < 1.29 is 4.21 Å². The number of nitrogens with one attached hydrogen (secondary N) is 1. The fourth-order valence-corrected chi connectivity index (χ4v) is 3.41. The number of nitrogen functional groups attached to an aromatic ring is 1. The molecule has 9 heteroatoms. The van der Waals surface area contributed by atoms with Crippen molar-refractivity contribution in [3.8, 4) is 0 Å². The van der Waals surface area contributed by atoms with Crippen LogP contribution in [0.5, 0.6) is 0 Å². The number of hydrogen-bond donors (Lipinski definition) is 2. The molecule has 0 spiro atoms. The summed E-state index contributed by atoms with van der Waals surface area (Å²) in [4.78, 5) is 11.2. The van der Waals surface area contributed by atoms with E-state index < -0.39 is 10.8 Å². The van der Waals surface area contributed by atoms with Crippen LogP contribution in [0.15, 0.2) is 6.20 Å². The van der Waals surface area contributed by atoms with Gasteiger partial charge in [-0.05, 0) is 0 Å². The molecule has 0 saturated carbocycles. The Kier molecular flexibility index (Phi) is 3.64. The maximum atomic E-state index is 11.4. The Morgan fingerprint density at radius 2 is 2.15 bits per heavy atom. The third-order valence-electron chi connectivity index (χ3n) is 3.41. The summed E-state index contributed by atoms with van der Waals surface area (Å²) in [6.45, 7) is 2.25. The maximum absolute atomic E-state index is 11.4. The first kappa shape index (κ1) is 13.4. The minimum absolute atomic E-state index is 0.582. The summed E-state index contributed by atoms with van der Waals surface area (Å²) in [5.74, 6) is 8.23. The van der Waals surface area contributed by atoms with Crippen molar-refractivity contribution in [3.05, 3.63) is 12.0 Å². The normalized spacial score (nSPS) is 17.7. The van der Waals surface area contributed by atoms with Gasteiger partial charge in [-0.1, -0.05) is 0 Å². The number of hydrogen-bond acceptors (Lipinski definition) is 7. The molecule has 0 amide bonds. The smallest absolute Gasteiger partial charge is 0.163 e. The third kappa shape index (κ3) is 2.51. The Labute approximate surface area is 118 Å². The monoisotopic (exact) mass is 295 g/mol. The van der Waals surface area contributed by atoms with Gasteiger partial charge in [-0.25, -0.2) is 15.8 Å². The SMILES string of the molecule is Cn1ncc2c(NN)nc(CN3CCS(=O)CC3)nc21. The second-order valence-corrected chi connectivity index (χ2v) is 6.46. The lowest BCUT2D eigenvalue weighted by molar-refractivity contribution is 0.284. The Morgan fingerprint density at radius 1 is 1.40 bits per heavy atom. The van der Waals surface area contributed by atoms with Gasteiger partial charge in [0.2, 0.25) is 0 Å². The van der Waals surface area contributed by atoms with Crippen molar-refractivity contribution in [1.29, 1.82) is 0 Å². The Bertz CT molecular complexity index is 646. The van der Waals surface area contributed by atoms with Crippen molar-refractivity contribution in [1.82, 2.24) is 24.6 Å². The predicted octanol–water partition coefficient (Wildman–Crippen LogP) is -0.787. The van der Waals surface area contributed by atoms with Gasteiger partial charge >= 0.3 is 0 Å². The molecule has 0 aliphatic carbocycles. The van der Waals surface area contributed by atoms with E-state index in [1.165, 1.54) is 0 Å². The molecular weight excluding hydrogens is 278 g/mol. The van der Waals surface area contributed by atoms with E-state index in [-0.39, 0.29) is 0 Å². The predicted molar refractivity (Wildman–Crippen MR) is 77.3 cm³/mol. The minimum Gasteiger partial charge on any atom is -0.308 e. The largest absolute Gasteiger partial charge is 0.308 e. The lowest BCUT2D eigenvalue weighted by Gasteiger charge is -2.25. The average molecular weight is 295 g/mol. The molecule has 2 aromatic heterocycles. The number of aromatic nitrogens is 4. The van der Waals surface area contributed by atoms with Crippen LogP contribution in [0.3, 0.4) is 0 Å². The first-order chi connectivity index (χ1) is 9.67. The van der Waals surface area contributed by atoms with E-state index in [9.17, 15) is 4.21 Å². The summed E-state index contributed by atoms with van der Waals surface area (Å²) < 4.78 is 13.1. The molecule has 0 bridgehead atoms. The van der Waals surface area contributed by atoms with Gasteiger partial charge in [-0.2, -0.15) is 5.10 Å². The molecule has 3 rings (SSSR count). The van der Waals surface area contributed by atoms with Crippen LogP contribution in [0, 0.1) is 0 Å². The average Bonchev–Trinajstić information content (AvgIpc) is 2.82. The number of fused-ring (bicyclic) bond motifs is 1. The van der Waals surface area contributed by atoms with Crippen LogP contribution in [0.25, 0.3) is 11.0 Å². The lowest BCUT2D eigenvalue weighted by Crippen LogP contribution is -2.37. The van der Waals surface area contributed by atoms with Gasteiger partial charge in [0.1, 0.15) is 5.82 Å². The quantitative estimate of drug-likeness (QED) is 0.565. The highest BCUT2D eigenvalue weighted by Gasteiger charge is 2.18. The van der Waals surface area contributed by atoms with Crippen LogP contribution in [-0.2, 0) is 24.4 Å². The highest BCUT2D eigenvalue weighted by atomic mass is 32.2. The van der Waals surface area contributed by atoms with Crippen LogP contribution < -0.4 is 11.3 Å². The van der Waals surface area contributed by atoms with Crippen LogP contribution >= 0.6 is 0 Å². The zero-order valence-corrected chi connectivity index (χ0v) is 12.1. The summed E-state index contributed by atoms with van der Waals surface area (Å²) in [5.41, 5.74) is 3.35. The molecule has 0 aromatic carbocycles. The number of anilines is 1. The Morgan fingerprint density at radius 3 is 2.85 bits per heavy atom.